The highest BCUT2D eigenvalue weighted by atomic mass is 35.5. The summed E-state index contributed by atoms with van der Waals surface area (Å²) >= 11 is 7.65. The molecule has 0 radical (unpaired) electrons. The molecular formula is C10H10ClNS. The van der Waals surface area contributed by atoms with Crippen LogP contribution in [0.15, 0.2) is 29.3 Å². The van der Waals surface area contributed by atoms with Gasteiger partial charge in [0.25, 0.3) is 0 Å². The SMILES string of the molecule is Clc1ccc(CC2=NCCS2)cc1. The first-order valence-corrected chi connectivity index (χ1v) is 5.61. The molecule has 0 fully saturated rings. The number of thioether (sulfide) groups is 1. The number of hydrogen-bond donors (Lipinski definition) is 0. The number of benzene rings is 1. The molecule has 1 aromatic rings. The van der Waals surface area contributed by atoms with E-state index in [0.29, 0.717) is 0 Å². The van der Waals surface area contributed by atoms with Gasteiger partial charge in [-0.15, -0.1) is 11.8 Å². The van der Waals surface area contributed by atoms with E-state index in [1.54, 1.807) is 0 Å². The van der Waals surface area contributed by atoms with E-state index in [0.717, 1.165) is 23.7 Å². The lowest BCUT2D eigenvalue weighted by Crippen LogP contribution is -1.94. The smallest absolute Gasteiger partial charge is 0.0720 e. The van der Waals surface area contributed by atoms with Crippen molar-refractivity contribution in [1.29, 1.82) is 0 Å². The summed E-state index contributed by atoms with van der Waals surface area (Å²) in [5, 5.41) is 2.05. The van der Waals surface area contributed by atoms with Crippen LogP contribution in [0, 0.1) is 0 Å². The van der Waals surface area contributed by atoms with Crippen LogP contribution in [0.1, 0.15) is 5.56 Å². The summed E-state index contributed by atoms with van der Waals surface area (Å²) in [6.07, 6.45) is 0.960. The van der Waals surface area contributed by atoms with Crippen molar-refractivity contribution in [2.24, 2.45) is 4.99 Å². The van der Waals surface area contributed by atoms with E-state index in [1.807, 2.05) is 23.9 Å². The summed E-state index contributed by atoms with van der Waals surface area (Å²) in [6, 6.07) is 7.97. The zero-order chi connectivity index (χ0) is 9.10. The fourth-order valence-electron chi connectivity index (χ4n) is 1.26. The molecule has 0 saturated carbocycles. The van der Waals surface area contributed by atoms with Gasteiger partial charge in [0.05, 0.1) is 5.04 Å². The lowest BCUT2D eigenvalue weighted by Gasteiger charge is -1.99. The van der Waals surface area contributed by atoms with Gasteiger partial charge < -0.3 is 0 Å². The molecule has 0 unspecified atom stereocenters. The quantitative estimate of drug-likeness (QED) is 0.733. The minimum Gasteiger partial charge on any atom is -0.282 e. The molecule has 1 aliphatic rings. The van der Waals surface area contributed by atoms with Gasteiger partial charge in [0.1, 0.15) is 0 Å². The molecule has 2 rings (SSSR count). The molecule has 0 spiro atoms. The van der Waals surface area contributed by atoms with Crippen LogP contribution in [0.5, 0.6) is 0 Å². The summed E-state index contributed by atoms with van der Waals surface area (Å²) in [4.78, 5) is 4.40. The lowest BCUT2D eigenvalue weighted by molar-refractivity contribution is 1.16. The van der Waals surface area contributed by atoms with Crippen LogP contribution in [-0.4, -0.2) is 17.3 Å². The Labute approximate surface area is 87.2 Å². The predicted octanol–water partition coefficient (Wildman–Crippen LogP) is 3.03. The highest BCUT2D eigenvalue weighted by molar-refractivity contribution is 8.14. The lowest BCUT2D eigenvalue weighted by atomic mass is 10.2. The molecule has 0 atom stereocenters. The molecular weight excluding hydrogens is 202 g/mol. The first-order valence-electron chi connectivity index (χ1n) is 4.25. The van der Waals surface area contributed by atoms with Gasteiger partial charge in [-0.3, -0.25) is 4.99 Å². The second kappa shape index (κ2) is 4.16. The Morgan fingerprint density at radius 2 is 2.08 bits per heavy atom. The maximum absolute atomic E-state index is 5.79. The third-order valence-corrected chi connectivity index (χ3v) is 3.16. The molecule has 0 aliphatic carbocycles. The fraction of sp³-hybridized carbons (Fsp3) is 0.300. The topological polar surface area (TPSA) is 12.4 Å². The number of rotatable bonds is 2. The van der Waals surface area contributed by atoms with Gasteiger partial charge in [0.2, 0.25) is 0 Å². The van der Waals surface area contributed by atoms with Crippen LogP contribution in [0.4, 0.5) is 0 Å². The van der Waals surface area contributed by atoms with Crippen molar-refractivity contribution in [3.8, 4) is 0 Å². The van der Waals surface area contributed by atoms with E-state index in [2.05, 4.69) is 17.1 Å². The van der Waals surface area contributed by atoms with Crippen molar-refractivity contribution in [1.82, 2.24) is 0 Å². The summed E-state index contributed by atoms with van der Waals surface area (Å²) in [5.41, 5.74) is 1.29. The molecule has 13 heavy (non-hydrogen) atoms. The molecule has 0 N–H and O–H groups in total. The molecule has 0 bridgehead atoms. The molecule has 1 aliphatic heterocycles. The van der Waals surface area contributed by atoms with E-state index < -0.39 is 0 Å². The normalized spacial score (nSPS) is 15.9. The van der Waals surface area contributed by atoms with Crippen LogP contribution in [0.3, 0.4) is 0 Å². The van der Waals surface area contributed by atoms with Crippen molar-refractivity contribution in [3.05, 3.63) is 34.9 Å². The molecule has 1 nitrogen and oxygen atoms in total. The third-order valence-electron chi connectivity index (χ3n) is 1.92. The van der Waals surface area contributed by atoms with Crippen molar-refractivity contribution in [2.75, 3.05) is 12.3 Å². The Morgan fingerprint density at radius 3 is 2.69 bits per heavy atom. The molecule has 0 saturated heterocycles. The molecule has 68 valence electrons. The third kappa shape index (κ3) is 2.48. The minimum atomic E-state index is 0.796. The van der Waals surface area contributed by atoms with Gasteiger partial charge in [0.15, 0.2) is 0 Å². The fourth-order valence-corrected chi connectivity index (χ4v) is 2.26. The predicted molar refractivity (Wildman–Crippen MR) is 59.9 cm³/mol. The monoisotopic (exact) mass is 211 g/mol. The highest BCUT2D eigenvalue weighted by Crippen LogP contribution is 2.17. The number of halogens is 1. The van der Waals surface area contributed by atoms with Gasteiger partial charge in [-0.2, -0.15) is 0 Å². The molecule has 1 heterocycles. The standard InChI is InChI=1S/C10H10ClNS/c11-9-3-1-8(2-4-9)7-10-12-5-6-13-10/h1-4H,5-7H2. The number of hydrogen-bond acceptors (Lipinski definition) is 2. The van der Waals surface area contributed by atoms with Crippen molar-refractivity contribution >= 4 is 28.4 Å². The average molecular weight is 212 g/mol. The van der Waals surface area contributed by atoms with E-state index in [4.69, 9.17) is 11.6 Å². The van der Waals surface area contributed by atoms with Gasteiger partial charge in [-0.1, -0.05) is 23.7 Å². The van der Waals surface area contributed by atoms with E-state index in [1.165, 1.54) is 10.6 Å². The number of aliphatic imine (C=N–C) groups is 1. The highest BCUT2D eigenvalue weighted by Gasteiger charge is 2.07. The molecule has 0 amide bonds. The molecule has 1 aromatic carbocycles. The Balaban J connectivity index is 2.05. The van der Waals surface area contributed by atoms with Crippen LogP contribution in [0.2, 0.25) is 5.02 Å². The first-order chi connectivity index (χ1) is 6.34. The Morgan fingerprint density at radius 1 is 1.31 bits per heavy atom. The second-order valence-electron chi connectivity index (χ2n) is 2.93. The van der Waals surface area contributed by atoms with Gasteiger partial charge in [-0.05, 0) is 17.7 Å². The Hall–Kier alpha value is -0.470. The van der Waals surface area contributed by atoms with Crippen molar-refractivity contribution in [2.45, 2.75) is 6.42 Å². The van der Waals surface area contributed by atoms with Crippen LogP contribution < -0.4 is 0 Å². The zero-order valence-electron chi connectivity index (χ0n) is 7.16. The summed E-state index contributed by atoms with van der Waals surface area (Å²) in [5.74, 6) is 1.14. The Kier molecular flexibility index (Phi) is 2.91. The zero-order valence-corrected chi connectivity index (χ0v) is 8.74. The molecule has 0 aromatic heterocycles. The maximum atomic E-state index is 5.79. The summed E-state index contributed by atoms with van der Waals surface area (Å²) < 4.78 is 0. The summed E-state index contributed by atoms with van der Waals surface area (Å²) in [7, 11) is 0. The molecule has 3 heteroatoms. The average Bonchev–Trinajstić information content (AvgIpc) is 2.62. The van der Waals surface area contributed by atoms with Crippen molar-refractivity contribution < 1.29 is 0 Å². The number of nitrogens with zero attached hydrogens (tertiary/aromatic N) is 1. The van der Waals surface area contributed by atoms with E-state index in [-0.39, 0.29) is 0 Å². The first kappa shape index (κ1) is 9.10. The maximum Gasteiger partial charge on any atom is 0.0720 e. The largest absolute Gasteiger partial charge is 0.282 e. The van der Waals surface area contributed by atoms with Gasteiger partial charge in [-0.25, -0.2) is 0 Å². The van der Waals surface area contributed by atoms with E-state index in [9.17, 15) is 0 Å². The summed E-state index contributed by atoms with van der Waals surface area (Å²) in [6.45, 7) is 0.980. The van der Waals surface area contributed by atoms with Crippen molar-refractivity contribution in [3.63, 3.8) is 0 Å². The van der Waals surface area contributed by atoms with E-state index >= 15 is 0 Å². The van der Waals surface area contributed by atoms with Gasteiger partial charge in [0, 0.05) is 23.7 Å². The van der Waals surface area contributed by atoms with Crippen LogP contribution >= 0.6 is 23.4 Å². The Bertz CT molecular complexity index is 318. The van der Waals surface area contributed by atoms with Gasteiger partial charge >= 0.3 is 0 Å². The second-order valence-corrected chi connectivity index (χ2v) is 4.53. The van der Waals surface area contributed by atoms with Crippen LogP contribution in [-0.2, 0) is 6.42 Å². The minimum absolute atomic E-state index is 0.796. The van der Waals surface area contributed by atoms with Crippen LogP contribution in [0.25, 0.3) is 0 Å².